The molecular formula is C56H34N2. The molecule has 2 aromatic heterocycles. The van der Waals surface area contributed by atoms with Gasteiger partial charge >= 0.3 is 0 Å². The highest BCUT2D eigenvalue weighted by molar-refractivity contribution is 6.34. The van der Waals surface area contributed by atoms with E-state index in [-0.39, 0.29) is 0 Å². The van der Waals surface area contributed by atoms with E-state index in [0.717, 1.165) is 16.7 Å². The average Bonchev–Trinajstić information content (AvgIpc) is 3.83. The Balaban J connectivity index is 1.08. The van der Waals surface area contributed by atoms with Crippen LogP contribution in [0.2, 0.25) is 0 Å². The maximum Gasteiger partial charge on any atom is 0.138 e. The quantitative estimate of drug-likeness (QED) is 0.165. The minimum atomic E-state index is -0.461. The minimum Gasteiger partial charge on any atom is -0.299 e. The molecule has 0 unspecified atom stereocenters. The Bertz CT molecular complexity index is 3570. The topological polar surface area (TPSA) is 17.3 Å². The van der Waals surface area contributed by atoms with Crippen LogP contribution >= 0.6 is 0 Å². The van der Waals surface area contributed by atoms with Gasteiger partial charge in [-0.25, -0.2) is 4.98 Å². The van der Waals surface area contributed by atoms with Crippen molar-refractivity contribution >= 4 is 59.8 Å². The van der Waals surface area contributed by atoms with Crippen LogP contribution in [0.25, 0.3) is 93.2 Å². The van der Waals surface area contributed by atoms with Gasteiger partial charge in [0.2, 0.25) is 0 Å². The normalized spacial score (nSPS) is 13.3. The summed E-state index contributed by atoms with van der Waals surface area (Å²) in [6.07, 6.45) is 2.22. The molecule has 0 spiro atoms. The van der Waals surface area contributed by atoms with E-state index in [1.54, 1.807) is 0 Å². The van der Waals surface area contributed by atoms with E-state index in [4.69, 9.17) is 4.98 Å². The van der Waals surface area contributed by atoms with Crippen LogP contribution in [0.15, 0.2) is 206 Å². The van der Waals surface area contributed by atoms with Gasteiger partial charge in [0, 0.05) is 22.4 Å². The summed E-state index contributed by atoms with van der Waals surface area (Å²) in [7, 11) is 0. The van der Waals surface area contributed by atoms with Crippen molar-refractivity contribution in [3.05, 3.63) is 229 Å². The van der Waals surface area contributed by atoms with Crippen molar-refractivity contribution in [1.82, 2.24) is 9.38 Å². The second-order valence-electron chi connectivity index (χ2n) is 15.8. The summed E-state index contributed by atoms with van der Waals surface area (Å²) in [6, 6.07) is 74.0. The molecular weight excluding hydrogens is 701 g/mol. The molecule has 2 heterocycles. The van der Waals surface area contributed by atoms with Crippen LogP contribution in [0.4, 0.5) is 0 Å². The van der Waals surface area contributed by atoms with E-state index < -0.39 is 5.41 Å². The molecule has 0 radical (unpaired) electrons. The van der Waals surface area contributed by atoms with Gasteiger partial charge in [-0.3, -0.25) is 4.40 Å². The summed E-state index contributed by atoms with van der Waals surface area (Å²) < 4.78 is 2.30. The maximum absolute atomic E-state index is 5.41. The summed E-state index contributed by atoms with van der Waals surface area (Å²) in [5.41, 5.74) is 15.3. The predicted octanol–water partition coefficient (Wildman–Crippen LogP) is 14.2. The first-order valence-electron chi connectivity index (χ1n) is 20.1. The lowest BCUT2D eigenvalue weighted by atomic mass is 9.67. The number of fused-ring (bicyclic) bond motifs is 9. The Morgan fingerprint density at radius 1 is 0.379 bits per heavy atom. The molecule has 10 aromatic carbocycles. The highest BCUT2D eigenvalue weighted by atomic mass is 15.0. The van der Waals surface area contributed by atoms with E-state index in [1.165, 1.54) is 98.7 Å². The SMILES string of the molecule is c1ccc(C2(c3ccccc3)c3ccccc3-c3ccc(-c4cc5cccc6c7nc8cc(-c9cccc%10ccccc9%10)ccn8c7c7cccc4c7c56)cc32)cc1. The summed E-state index contributed by atoms with van der Waals surface area (Å²) in [6.45, 7) is 0. The van der Waals surface area contributed by atoms with Crippen molar-refractivity contribution in [3.63, 3.8) is 0 Å². The number of benzene rings is 10. The monoisotopic (exact) mass is 734 g/mol. The molecule has 0 fully saturated rings. The van der Waals surface area contributed by atoms with E-state index in [9.17, 15) is 0 Å². The fourth-order valence-electron chi connectivity index (χ4n) is 10.6. The first-order chi connectivity index (χ1) is 28.8. The zero-order valence-electron chi connectivity index (χ0n) is 31.5. The lowest BCUT2D eigenvalue weighted by Gasteiger charge is -2.34. The van der Waals surface area contributed by atoms with E-state index >= 15 is 0 Å². The Kier molecular flexibility index (Phi) is 6.40. The molecule has 58 heavy (non-hydrogen) atoms. The Morgan fingerprint density at radius 3 is 1.86 bits per heavy atom. The van der Waals surface area contributed by atoms with Crippen LogP contribution in [0, 0.1) is 0 Å². The van der Waals surface area contributed by atoms with Gasteiger partial charge in [0.1, 0.15) is 5.65 Å². The number of hydrogen-bond acceptors (Lipinski definition) is 1. The highest BCUT2D eigenvalue weighted by Crippen LogP contribution is 2.57. The van der Waals surface area contributed by atoms with Gasteiger partial charge in [0.15, 0.2) is 0 Å². The number of aromatic nitrogens is 2. The number of pyridine rings is 1. The van der Waals surface area contributed by atoms with Crippen molar-refractivity contribution in [2.24, 2.45) is 0 Å². The van der Waals surface area contributed by atoms with Gasteiger partial charge in [-0.15, -0.1) is 0 Å². The van der Waals surface area contributed by atoms with Gasteiger partial charge in [0.05, 0.1) is 16.4 Å². The number of rotatable bonds is 4. The molecule has 2 heteroatoms. The molecule has 12 aromatic rings. The molecule has 13 rings (SSSR count). The summed E-state index contributed by atoms with van der Waals surface area (Å²) in [4.78, 5) is 5.41. The van der Waals surface area contributed by atoms with Gasteiger partial charge < -0.3 is 0 Å². The van der Waals surface area contributed by atoms with Gasteiger partial charge in [0.25, 0.3) is 0 Å². The lowest BCUT2D eigenvalue weighted by molar-refractivity contribution is 0.769. The third kappa shape index (κ3) is 4.13. The van der Waals surface area contributed by atoms with E-state index in [1.807, 2.05) is 0 Å². The molecule has 0 atom stereocenters. The first kappa shape index (κ1) is 31.6. The number of nitrogens with zero attached hydrogens (tertiary/aromatic N) is 2. The van der Waals surface area contributed by atoms with E-state index in [2.05, 4.69) is 211 Å². The third-order valence-electron chi connectivity index (χ3n) is 13.0. The van der Waals surface area contributed by atoms with Crippen LogP contribution in [0.1, 0.15) is 22.3 Å². The van der Waals surface area contributed by atoms with Crippen LogP contribution in [0.5, 0.6) is 0 Å². The molecule has 0 N–H and O–H groups in total. The molecule has 268 valence electrons. The molecule has 0 saturated heterocycles. The van der Waals surface area contributed by atoms with Gasteiger partial charge in [-0.1, -0.05) is 176 Å². The van der Waals surface area contributed by atoms with Crippen molar-refractivity contribution < 1.29 is 0 Å². The lowest BCUT2D eigenvalue weighted by Crippen LogP contribution is -2.28. The summed E-state index contributed by atoms with van der Waals surface area (Å²) in [5, 5.41) is 9.96. The highest BCUT2D eigenvalue weighted by Gasteiger charge is 2.46. The minimum absolute atomic E-state index is 0.461. The molecule has 0 bridgehead atoms. The first-order valence-corrected chi connectivity index (χ1v) is 20.1. The smallest absolute Gasteiger partial charge is 0.138 e. The van der Waals surface area contributed by atoms with Crippen molar-refractivity contribution in [1.29, 1.82) is 0 Å². The predicted molar refractivity (Wildman–Crippen MR) is 242 cm³/mol. The summed E-state index contributed by atoms with van der Waals surface area (Å²) in [5.74, 6) is 0. The van der Waals surface area contributed by atoms with E-state index in [0.29, 0.717) is 0 Å². The molecule has 0 amide bonds. The zero-order chi connectivity index (χ0) is 38.0. The van der Waals surface area contributed by atoms with Crippen molar-refractivity contribution in [3.8, 4) is 33.4 Å². The average molecular weight is 735 g/mol. The Morgan fingerprint density at radius 2 is 1.00 bits per heavy atom. The molecule has 1 aliphatic rings. The second kappa shape index (κ2) is 11.7. The Hall–Kier alpha value is -7.55. The van der Waals surface area contributed by atoms with Gasteiger partial charge in [-0.05, 0) is 107 Å². The number of hydrogen-bond donors (Lipinski definition) is 0. The Labute approximate surface area is 335 Å². The number of imidazole rings is 1. The maximum atomic E-state index is 5.41. The summed E-state index contributed by atoms with van der Waals surface area (Å²) >= 11 is 0. The fraction of sp³-hybridized carbons (Fsp3) is 0.0179. The standard InChI is InChI=1S/C56H34N2/c1-3-17-39(18-4-1)56(40-19-5-2-6-20-40)49-27-10-9-22-43(49)44-29-28-36(33-50(44)56)48-32-38-16-12-25-46-52(38)53-45(48)24-13-26-47(53)55-54(46)57-51-34-37(30-31-58(51)55)42-23-11-15-35-14-7-8-21-41(35)42/h1-34H. The third-order valence-corrected chi connectivity index (χ3v) is 13.0. The van der Waals surface area contributed by atoms with Crippen LogP contribution < -0.4 is 0 Å². The van der Waals surface area contributed by atoms with Crippen molar-refractivity contribution in [2.75, 3.05) is 0 Å². The van der Waals surface area contributed by atoms with Crippen LogP contribution in [0.3, 0.4) is 0 Å². The molecule has 1 aliphatic carbocycles. The van der Waals surface area contributed by atoms with Crippen LogP contribution in [-0.2, 0) is 5.41 Å². The fourth-order valence-corrected chi connectivity index (χ4v) is 10.6. The second-order valence-corrected chi connectivity index (χ2v) is 15.8. The largest absolute Gasteiger partial charge is 0.299 e. The van der Waals surface area contributed by atoms with Crippen LogP contribution in [-0.4, -0.2) is 9.38 Å². The molecule has 0 aliphatic heterocycles. The molecule has 2 nitrogen and oxygen atoms in total. The van der Waals surface area contributed by atoms with Crippen molar-refractivity contribution in [2.45, 2.75) is 5.41 Å². The molecule has 0 saturated carbocycles. The van der Waals surface area contributed by atoms with Gasteiger partial charge in [-0.2, -0.15) is 0 Å². The zero-order valence-corrected chi connectivity index (χ0v) is 31.5.